The minimum atomic E-state index is -0.429. The van der Waals surface area contributed by atoms with Crippen molar-refractivity contribution >= 4 is 17.2 Å². The van der Waals surface area contributed by atoms with Crippen molar-refractivity contribution in [3.63, 3.8) is 0 Å². The van der Waals surface area contributed by atoms with Gasteiger partial charge in [0.15, 0.2) is 5.84 Å². The Bertz CT molecular complexity index is 563. The zero-order valence-corrected chi connectivity index (χ0v) is 11.2. The molecule has 0 fully saturated rings. The third-order valence-electron chi connectivity index (χ3n) is 2.51. The molecule has 0 aliphatic carbocycles. The van der Waals surface area contributed by atoms with Crippen molar-refractivity contribution in [3.8, 4) is 11.8 Å². The van der Waals surface area contributed by atoms with Crippen molar-refractivity contribution in [2.24, 2.45) is 10.8 Å². The van der Waals surface area contributed by atoms with Crippen molar-refractivity contribution in [3.05, 3.63) is 23.8 Å². The van der Waals surface area contributed by atoms with Gasteiger partial charge in [0.2, 0.25) is 5.71 Å². The first kappa shape index (κ1) is 14.5. The van der Waals surface area contributed by atoms with Gasteiger partial charge in [-0.2, -0.15) is 10.4 Å². The van der Waals surface area contributed by atoms with Crippen molar-refractivity contribution in [2.45, 2.75) is 26.2 Å². The fourth-order valence-electron chi connectivity index (χ4n) is 1.35. The molecular weight excluding hydrogens is 242 g/mol. The smallest absolute Gasteiger partial charge is 0.201 e. The molecule has 0 unspecified atom stereocenters. The van der Waals surface area contributed by atoms with Gasteiger partial charge in [-0.3, -0.25) is 10.8 Å². The van der Waals surface area contributed by atoms with Crippen molar-refractivity contribution < 1.29 is 5.11 Å². The summed E-state index contributed by atoms with van der Waals surface area (Å²) in [5.41, 5.74) is 8.78. The van der Waals surface area contributed by atoms with Crippen LogP contribution in [-0.2, 0) is 5.41 Å². The maximum absolute atomic E-state index is 9.73. The minimum Gasteiger partial charge on any atom is -0.506 e. The van der Waals surface area contributed by atoms with Gasteiger partial charge in [-0.1, -0.05) is 26.8 Å². The van der Waals surface area contributed by atoms with E-state index in [0.717, 1.165) is 5.56 Å². The molecule has 19 heavy (non-hydrogen) atoms. The largest absolute Gasteiger partial charge is 0.506 e. The summed E-state index contributed by atoms with van der Waals surface area (Å²) in [4.78, 5) is 0. The van der Waals surface area contributed by atoms with Crippen LogP contribution in [0, 0.1) is 16.7 Å². The Kier molecular flexibility index (Phi) is 4.12. The van der Waals surface area contributed by atoms with Gasteiger partial charge in [-0.15, -0.1) is 0 Å². The van der Waals surface area contributed by atoms with Gasteiger partial charge in [-0.05, 0) is 23.1 Å². The highest BCUT2D eigenvalue weighted by Gasteiger charge is 2.15. The molecule has 6 nitrogen and oxygen atoms in total. The Labute approximate surface area is 112 Å². The number of nitrogens with one attached hydrogen (secondary N) is 2. The number of nitrogens with two attached hydrogens (primary N) is 1. The van der Waals surface area contributed by atoms with Gasteiger partial charge in [0.05, 0.1) is 5.69 Å². The molecule has 0 aliphatic heterocycles. The summed E-state index contributed by atoms with van der Waals surface area (Å²) in [6.45, 7) is 6.13. The third kappa shape index (κ3) is 3.71. The number of rotatable bonds is 3. The van der Waals surface area contributed by atoms with Gasteiger partial charge in [-0.25, -0.2) is 0 Å². The third-order valence-corrected chi connectivity index (χ3v) is 2.51. The molecule has 6 heteroatoms. The molecular formula is C13H17N5O. The Morgan fingerprint density at radius 3 is 2.58 bits per heavy atom. The second kappa shape index (κ2) is 5.40. The molecule has 100 valence electrons. The molecule has 0 atom stereocenters. The summed E-state index contributed by atoms with van der Waals surface area (Å²) in [7, 11) is 0. The average Bonchev–Trinajstić information content (AvgIpc) is 2.30. The molecule has 0 aromatic heterocycles. The number of phenolic OH excluding ortho intramolecular Hbond substituents is 1. The van der Waals surface area contributed by atoms with E-state index >= 15 is 0 Å². The van der Waals surface area contributed by atoms with Crippen LogP contribution in [0.1, 0.15) is 26.3 Å². The van der Waals surface area contributed by atoms with Crippen LogP contribution in [0.4, 0.5) is 5.69 Å². The number of nitriles is 1. The lowest BCUT2D eigenvalue weighted by Gasteiger charge is -2.20. The van der Waals surface area contributed by atoms with Crippen molar-refractivity contribution in [2.75, 3.05) is 5.43 Å². The number of hydrazone groups is 1. The van der Waals surface area contributed by atoms with E-state index in [9.17, 15) is 5.11 Å². The highest BCUT2D eigenvalue weighted by molar-refractivity contribution is 6.45. The number of aromatic hydroxyl groups is 1. The first-order chi connectivity index (χ1) is 8.75. The van der Waals surface area contributed by atoms with Crippen LogP contribution < -0.4 is 11.2 Å². The number of amidine groups is 1. The summed E-state index contributed by atoms with van der Waals surface area (Å²) in [5.74, 6) is -0.418. The molecule has 0 spiro atoms. The molecule has 0 saturated carbocycles. The van der Waals surface area contributed by atoms with Gasteiger partial charge >= 0.3 is 0 Å². The van der Waals surface area contributed by atoms with Crippen LogP contribution >= 0.6 is 0 Å². The van der Waals surface area contributed by atoms with E-state index in [0.29, 0.717) is 5.69 Å². The molecule has 0 heterocycles. The van der Waals surface area contributed by atoms with E-state index in [-0.39, 0.29) is 16.9 Å². The lowest BCUT2D eigenvalue weighted by Crippen LogP contribution is -2.22. The van der Waals surface area contributed by atoms with Gasteiger partial charge < -0.3 is 10.8 Å². The van der Waals surface area contributed by atoms with Crippen LogP contribution in [-0.4, -0.2) is 16.7 Å². The number of hydrogen-bond acceptors (Lipinski definition) is 5. The SMILES string of the molecule is CC(C)(C)c1ccc(O)c(N/N=C(\C#N)C(=N)N)c1. The summed E-state index contributed by atoms with van der Waals surface area (Å²) < 4.78 is 0. The molecule has 5 N–H and O–H groups in total. The summed E-state index contributed by atoms with van der Waals surface area (Å²) in [5, 5.41) is 29.3. The second-order valence-corrected chi connectivity index (χ2v) is 5.08. The van der Waals surface area contributed by atoms with Crippen LogP contribution in [0.25, 0.3) is 0 Å². The van der Waals surface area contributed by atoms with Crippen LogP contribution in [0.15, 0.2) is 23.3 Å². The number of anilines is 1. The average molecular weight is 259 g/mol. The Morgan fingerprint density at radius 2 is 2.11 bits per heavy atom. The van der Waals surface area contributed by atoms with Crippen LogP contribution in [0.2, 0.25) is 0 Å². The normalized spacial score (nSPS) is 11.8. The summed E-state index contributed by atoms with van der Waals surface area (Å²) >= 11 is 0. The molecule has 1 rings (SSSR count). The van der Waals surface area contributed by atoms with Crippen LogP contribution in [0.3, 0.4) is 0 Å². The molecule has 0 amide bonds. The fraction of sp³-hybridized carbons (Fsp3) is 0.308. The summed E-state index contributed by atoms with van der Waals surface area (Å²) in [6, 6.07) is 6.81. The Hall–Kier alpha value is -2.55. The highest BCUT2D eigenvalue weighted by Crippen LogP contribution is 2.30. The predicted molar refractivity (Wildman–Crippen MR) is 75.4 cm³/mol. The van der Waals surface area contributed by atoms with E-state index < -0.39 is 5.84 Å². The van der Waals surface area contributed by atoms with Gasteiger partial charge in [0.1, 0.15) is 11.8 Å². The van der Waals surface area contributed by atoms with E-state index in [2.05, 4.69) is 10.5 Å². The number of phenols is 1. The van der Waals surface area contributed by atoms with E-state index in [1.54, 1.807) is 18.2 Å². The lowest BCUT2D eigenvalue weighted by molar-refractivity contribution is 0.476. The Morgan fingerprint density at radius 1 is 1.47 bits per heavy atom. The number of nitrogens with zero attached hydrogens (tertiary/aromatic N) is 2. The molecule has 0 aliphatic rings. The molecule has 0 saturated heterocycles. The fourth-order valence-corrected chi connectivity index (χ4v) is 1.35. The standard InChI is InChI=1S/C13H17N5O/c1-13(2,3)8-4-5-11(19)9(6-8)17-18-10(7-14)12(15)16/h4-6,17,19H,1-3H3,(H3,15,16)/b18-10+. The zero-order chi connectivity index (χ0) is 14.6. The topological polar surface area (TPSA) is 118 Å². The maximum atomic E-state index is 9.73. The first-order valence-corrected chi connectivity index (χ1v) is 5.67. The van der Waals surface area contributed by atoms with Gasteiger partial charge in [0, 0.05) is 0 Å². The predicted octanol–water partition coefficient (Wildman–Crippen LogP) is 1.92. The minimum absolute atomic E-state index is 0.0117. The van der Waals surface area contributed by atoms with Crippen LogP contribution in [0.5, 0.6) is 5.75 Å². The zero-order valence-electron chi connectivity index (χ0n) is 11.2. The Balaban J connectivity index is 3.09. The first-order valence-electron chi connectivity index (χ1n) is 5.67. The molecule has 0 bridgehead atoms. The summed E-state index contributed by atoms with van der Waals surface area (Å²) in [6.07, 6.45) is 0. The number of hydrogen-bond donors (Lipinski definition) is 4. The molecule has 0 radical (unpaired) electrons. The van der Waals surface area contributed by atoms with Crippen molar-refractivity contribution in [1.29, 1.82) is 10.7 Å². The monoisotopic (exact) mass is 259 g/mol. The lowest BCUT2D eigenvalue weighted by atomic mass is 9.87. The van der Waals surface area contributed by atoms with E-state index in [4.69, 9.17) is 16.4 Å². The van der Waals surface area contributed by atoms with Gasteiger partial charge in [0.25, 0.3) is 0 Å². The maximum Gasteiger partial charge on any atom is 0.201 e. The van der Waals surface area contributed by atoms with E-state index in [1.807, 2.05) is 26.8 Å². The molecule has 1 aromatic carbocycles. The van der Waals surface area contributed by atoms with Crippen molar-refractivity contribution in [1.82, 2.24) is 0 Å². The molecule has 1 aromatic rings. The second-order valence-electron chi connectivity index (χ2n) is 5.08. The van der Waals surface area contributed by atoms with E-state index in [1.165, 1.54) is 0 Å². The quantitative estimate of drug-likeness (QED) is 0.287. The number of benzene rings is 1. The highest BCUT2D eigenvalue weighted by atomic mass is 16.3.